The molecule has 0 rings (SSSR count). The van der Waals surface area contributed by atoms with Crippen molar-refractivity contribution in [1.82, 2.24) is 16.0 Å². The molecule has 0 fully saturated rings. The largest absolute Gasteiger partial charge is 0.481 e. The van der Waals surface area contributed by atoms with E-state index in [4.69, 9.17) is 21.7 Å². The Bertz CT molecular complexity index is 705. The molecule has 182 valence electrons. The van der Waals surface area contributed by atoms with E-state index in [9.17, 15) is 28.8 Å². The summed E-state index contributed by atoms with van der Waals surface area (Å²) in [5.41, 5.74) is 10.9. The second-order valence-electron chi connectivity index (χ2n) is 7.02. The summed E-state index contributed by atoms with van der Waals surface area (Å²) in [6.07, 6.45) is 1.04. The van der Waals surface area contributed by atoms with Gasteiger partial charge in [0.1, 0.15) is 18.1 Å². The Balaban J connectivity index is 5.08. The summed E-state index contributed by atoms with van der Waals surface area (Å²) >= 11 is 1.49. The van der Waals surface area contributed by atoms with Gasteiger partial charge in [-0.1, -0.05) is 0 Å². The number of carbonyl (C=O) groups excluding carboxylic acids is 4. The molecular formula is C18H31N5O8S. The van der Waals surface area contributed by atoms with Crippen LogP contribution in [0.15, 0.2) is 0 Å². The van der Waals surface area contributed by atoms with E-state index < -0.39 is 66.2 Å². The first-order valence-corrected chi connectivity index (χ1v) is 11.2. The summed E-state index contributed by atoms with van der Waals surface area (Å²) in [7, 11) is 0. The average molecular weight is 478 g/mol. The molecule has 32 heavy (non-hydrogen) atoms. The third kappa shape index (κ3) is 12.1. The molecule has 4 atom stereocenters. The molecule has 4 amide bonds. The molecule has 13 nitrogen and oxygen atoms in total. The van der Waals surface area contributed by atoms with Crippen molar-refractivity contribution in [2.45, 2.75) is 63.2 Å². The van der Waals surface area contributed by atoms with Crippen molar-refractivity contribution in [2.24, 2.45) is 11.5 Å². The van der Waals surface area contributed by atoms with E-state index in [0.717, 1.165) is 0 Å². The number of hydrogen-bond donors (Lipinski definition) is 7. The van der Waals surface area contributed by atoms with E-state index >= 15 is 0 Å². The van der Waals surface area contributed by atoms with Crippen molar-refractivity contribution in [3.8, 4) is 0 Å². The molecule has 0 bridgehead atoms. The molecule has 4 unspecified atom stereocenters. The van der Waals surface area contributed by atoms with Crippen molar-refractivity contribution < 1.29 is 39.0 Å². The van der Waals surface area contributed by atoms with Crippen LogP contribution in [-0.4, -0.2) is 82.0 Å². The van der Waals surface area contributed by atoms with Crippen LogP contribution in [0, 0.1) is 0 Å². The number of carbonyl (C=O) groups is 6. The molecule has 0 radical (unpaired) electrons. The van der Waals surface area contributed by atoms with Gasteiger partial charge in [-0.2, -0.15) is 11.8 Å². The van der Waals surface area contributed by atoms with E-state index in [1.54, 1.807) is 0 Å². The Morgan fingerprint density at radius 1 is 0.844 bits per heavy atom. The van der Waals surface area contributed by atoms with Gasteiger partial charge in [-0.25, -0.2) is 4.79 Å². The summed E-state index contributed by atoms with van der Waals surface area (Å²) in [5.74, 6) is -5.00. The van der Waals surface area contributed by atoms with Crippen LogP contribution < -0.4 is 27.4 Å². The molecule has 0 aromatic carbocycles. The summed E-state index contributed by atoms with van der Waals surface area (Å²) in [6.45, 7) is 1.28. The minimum atomic E-state index is -1.46. The van der Waals surface area contributed by atoms with E-state index in [0.29, 0.717) is 12.2 Å². The first-order valence-electron chi connectivity index (χ1n) is 9.77. The van der Waals surface area contributed by atoms with Crippen LogP contribution in [0.2, 0.25) is 0 Å². The highest BCUT2D eigenvalue weighted by Crippen LogP contribution is 2.04. The molecule has 14 heteroatoms. The Hall–Kier alpha value is -2.87. The Morgan fingerprint density at radius 2 is 1.41 bits per heavy atom. The first-order chi connectivity index (χ1) is 14.9. The van der Waals surface area contributed by atoms with Gasteiger partial charge in [0, 0.05) is 12.8 Å². The monoisotopic (exact) mass is 477 g/mol. The molecule has 9 N–H and O–H groups in total. The maximum atomic E-state index is 12.6. The standard InChI is InChI=1S/C18H31N5O8S/c1-9(15(27)23-12(18(30)31)4-6-14(25)26)21-17(29)11(3-5-13(20)24)22-16(28)10(19)7-8-32-2/h9-12H,3-8,19H2,1-2H3,(H2,20,24)(H,21,29)(H,22,28)(H,23,27)(H,25,26)(H,30,31). The maximum Gasteiger partial charge on any atom is 0.326 e. The summed E-state index contributed by atoms with van der Waals surface area (Å²) in [5, 5.41) is 24.7. The molecule has 0 heterocycles. The van der Waals surface area contributed by atoms with Gasteiger partial charge < -0.3 is 37.6 Å². The maximum absolute atomic E-state index is 12.6. The fourth-order valence-electron chi connectivity index (χ4n) is 2.41. The minimum absolute atomic E-state index is 0.132. The highest BCUT2D eigenvalue weighted by atomic mass is 32.2. The zero-order valence-corrected chi connectivity index (χ0v) is 18.8. The molecule has 0 saturated heterocycles. The third-order valence-electron chi connectivity index (χ3n) is 4.30. The molecule has 0 aromatic rings. The van der Waals surface area contributed by atoms with Crippen molar-refractivity contribution in [1.29, 1.82) is 0 Å². The predicted octanol–water partition coefficient (Wildman–Crippen LogP) is -2.24. The lowest BCUT2D eigenvalue weighted by atomic mass is 10.1. The molecule has 0 spiro atoms. The average Bonchev–Trinajstić information content (AvgIpc) is 2.70. The zero-order chi connectivity index (χ0) is 24.8. The molecule has 0 aliphatic heterocycles. The van der Waals surface area contributed by atoms with Gasteiger partial charge in [0.25, 0.3) is 0 Å². The van der Waals surface area contributed by atoms with Crippen LogP contribution >= 0.6 is 11.8 Å². The van der Waals surface area contributed by atoms with Gasteiger partial charge >= 0.3 is 11.9 Å². The fraction of sp³-hybridized carbons (Fsp3) is 0.667. The smallest absolute Gasteiger partial charge is 0.326 e. The molecule has 0 saturated carbocycles. The normalized spacial score (nSPS) is 14.3. The Labute approximate surface area is 189 Å². The number of amides is 4. The second kappa shape index (κ2) is 15.0. The number of nitrogens with one attached hydrogen (secondary N) is 3. The number of nitrogens with two attached hydrogens (primary N) is 2. The first kappa shape index (κ1) is 29.1. The van der Waals surface area contributed by atoms with Crippen LogP contribution in [0.3, 0.4) is 0 Å². The van der Waals surface area contributed by atoms with Gasteiger partial charge in [-0.05, 0) is 38.2 Å². The van der Waals surface area contributed by atoms with Crippen molar-refractivity contribution >= 4 is 47.3 Å². The second-order valence-corrected chi connectivity index (χ2v) is 8.00. The van der Waals surface area contributed by atoms with Crippen LogP contribution in [-0.2, 0) is 28.8 Å². The molecule has 0 aliphatic carbocycles. The highest BCUT2D eigenvalue weighted by Gasteiger charge is 2.28. The fourth-order valence-corrected chi connectivity index (χ4v) is 2.90. The SMILES string of the molecule is CSCCC(N)C(=O)NC(CCC(N)=O)C(=O)NC(C)C(=O)NC(CCC(=O)O)C(=O)O. The lowest BCUT2D eigenvalue weighted by Crippen LogP contribution is -2.56. The molecule has 0 aliphatic rings. The predicted molar refractivity (Wildman–Crippen MR) is 115 cm³/mol. The minimum Gasteiger partial charge on any atom is -0.481 e. The third-order valence-corrected chi connectivity index (χ3v) is 4.94. The highest BCUT2D eigenvalue weighted by molar-refractivity contribution is 7.98. The van der Waals surface area contributed by atoms with Crippen molar-refractivity contribution in [2.75, 3.05) is 12.0 Å². The van der Waals surface area contributed by atoms with Gasteiger partial charge in [0.15, 0.2) is 0 Å². The van der Waals surface area contributed by atoms with Gasteiger partial charge in [-0.15, -0.1) is 0 Å². The number of carboxylic acid groups (broad SMARTS) is 2. The lowest BCUT2D eigenvalue weighted by Gasteiger charge is -2.23. The van der Waals surface area contributed by atoms with Crippen LogP contribution in [0.1, 0.15) is 39.0 Å². The summed E-state index contributed by atoms with van der Waals surface area (Å²) in [6, 6.07) is -4.75. The number of rotatable bonds is 16. The Morgan fingerprint density at radius 3 is 1.91 bits per heavy atom. The lowest BCUT2D eigenvalue weighted by molar-refractivity contribution is -0.143. The number of thioether (sulfide) groups is 1. The number of aliphatic carboxylic acids is 2. The summed E-state index contributed by atoms with van der Waals surface area (Å²) < 4.78 is 0. The quantitative estimate of drug-likeness (QED) is 0.126. The van der Waals surface area contributed by atoms with Crippen LogP contribution in [0.25, 0.3) is 0 Å². The van der Waals surface area contributed by atoms with Crippen LogP contribution in [0.5, 0.6) is 0 Å². The van der Waals surface area contributed by atoms with Gasteiger partial charge in [-0.3, -0.25) is 24.0 Å². The van der Waals surface area contributed by atoms with E-state index in [-0.39, 0.29) is 19.3 Å². The summed E-state index contributed by atoms with van der Waals surface area (Å²) in [4.78, 5) is 70.0. The zero-order valence-electron chi connectivity index (χ0n) is 18.0. The number of hydrogen-bond acceptors (Lipinski definition) is 8. The Kier molecular flexibility index (Phi) is 13.7. The van der Waals surface area contributed by atoms with E-state index in [2.05, 4.69) is 16.0 Å². The number of primary amides is 1. The van der Waals surface area contributed by atoms with Crippen molar-refractivity contribution in [3.05, 3.63) is 0 Å². The number of carboxylic acids is 2. The topological polar surface area (TPSA) is 231 Å². The van der Waals surface area contributed by atoms with Crippen LogP contribution in [0.4, 0.5) is 0 Å². The van der Waals surface area contributed by atoms with E-state index in [1.807, 2.05) is 6.26 Å². The molecule has 0 aromatic heterocycles. The molecular weight excluding hydrogens is 446 g/mol. The van der Waals surface area contributed by atoms with E-state index in [1.165, 1.54) is 18.7 Å². The van der Waals surface area contributed by atoms with Gasteiger partial charge in [0.05, 0.1) is 6.04 Å². The van der Waals surface area contributed by atoms with Gasteiger partial charge in [0.2, 0.25) is 23.6 Å². The van der Waals surface area contributed by atoms with Crippen molar-refractivity contribution in [3.63, 3.8) is 0 Å².